The average Bonchev–Trinajstić information content (AvgIpc) is 2.45. The van der Waals surface area contributed by atoms with Gasteiger partial charge in [-0.3, -0.25) is 4.79 Å². The van der Waals surface area contributed by atoms with Crippen LogP contribution in [0.1, 0.15) is 25.3 Å². The summed E-state index contributed by atoms with van der Waals surface area (Å²) in [6, 6.07) is 3.57. The van der Waals surface area contributed by atoms with E-state index in [4.69, 9.17) is 5.11 Å². The fourth-order valence-electron chi connectivity index (χ4n) is 1.57. The minimum Gasteiger partial charge on any atom is -0.480 e. The highest BCUT2D eigenvalue weighted by Crippen LogP contribution is 2.02. The number of benzene rings is 1. The number of carboxylic acid groups (broad SMARTS) is 1. The molecular weight excluding hydrogens is 279 g/mol. The second kappa shape index (κ2) is 7.98. The molecule has 6 nitrogen and oxygen atoms in total. The molecule has 1 atom stereocenters. The summed E-state index contributed by atoms with van der Waals surface area (Å²) in [5.74, 6) is -1.90. The van der Waals surface area contributed by atoms with Crippen molar-refractivity contribution in [2.45, 2.75) is 32.4 Å². The molecule has 1 aromatic rings. The van der Waals surface area contributed by atoms with Crippen molar-refractivity contribution in [1.29, 1.82) is 0 Å². The van der Waals surface area contributed by atoms with Gasteiger partial charge in [-0.25, -0.2) is 14.0 Å². The molecule has 0 aromatic heterocycles. The van der Waals surface area contributed by atoms with Gasteiger partial charge in [-0.2, -0.15) is 0 Å². The fourth-order valence-corrected chi connectivity index (χ4v) is 1.57. The van der Waals surface area contributed by atoms with Crippen LogP contribution in [0.3, 0.4) is 0 Å². The van der Waals surface area contributed by atoms with Gasteiger partial charge in [-0.05, 0) is 17.7 Å². The summed E-state index contributed by atoms with van der Waals surface area (Å²) in [6.07, 6.45) is -0.0432. The van der Waals surface area contributed by atoms with Crippen LogP contribution in [0.5, 0.6) is 0 Å². The minimum atomic E-state index is -1.27. The molecule has 1 aromatic carbocycles. The van der Waals surface area contributed by atoms with E-state index in [0.717, 1.165) is 0 Å². The summed E-state index contributed by atoms with van der Waals surface area (Å²) < 4.78 is 12.7. The van der Waals surface area contributed by atoms with E-state index < -0.39 is 18.0 Å². The molecule has 0 aliphatic carbocycles. The lowest BCUT2D eigenvalue weighted by Crippen LogP contribution is -2.46. The number of carboxylic acids is 1. The summed E-state index contributed by atoms with van der Waals surface area (Å²) in [6.45, 7) is 1.75. The molecule has 1 unspecified atom stereocenters. The highest BCUT2D eigenvalue weighted by molar-refractivity contribution is 5.88. The number of carbonyl (C=O) groups is 3. The second-order valence-electron chi connectivity index (χ2n) is 4.44. The zero-order valence-corrected chi connectivity index (χ0v) is 11.6. The van der Waals surface area contributed by atoms with Crippen molar-refractivity contribution in [3.63, 3.8) is 0 Å². The first-order valence-corrected chi connectivity index (χ1v) is 6.45. The molecule has 1 rings (SSSR count). The highest BCUT2D eigenvalue weighted by atomic mass is 19.1. The zero-order chi connectivity index (χ0) is 15.8. The van der Waals surface area contributed by atoms with Crippen molar-refractivity contribution in [3.05, 3.63) is 35.6 Å². The average molecular weight is 296 g/mol. The molecule has 2 amide bonds. The normalized spacial score (nSPS) is 11.5. The van der Waals surface area contributed by atoms with Gasteiger partial charge in [0, 0.05) is 19.4 Å². The Labute approximate surface area is 121 Å². The molecule has 0 saturated heterocycles. The Hall–Kier alpha value is -2.44. The third-order valence-electron chi connectivity index (χ3n) is 2.80. The molecule has 0 spiro atoms. The summed E-state index contributed by atoms with van der Waals surface area (Å²) >= 11 is 0. The van der Waals surface area contributed by atoms with Crippen LogP contribution in [0, 0.1) is 5.82 Å². The predicted molar refractivity (Wildman–Crippen MR) is 73.1 cm³/mol. The third-order valence-corrected chi connectivity index (χ3v) is 2.80. The Balaban J connectivity index is 2.48. The van der Waals surface area contributed by atoms with Gasteiger partial charge in [0.25, 0.3) is 0 Å². The van der Waals surface area contributed by atoms with Gasteiger partial charge in [0.05, 0.1) is 0 Å². The van der Waals surface area contributed by atoms with Gasteiger partial charge in [0.15, 0.2) is 0 Å². The van der Waals surface area contributed by atoms with Crippen LogP contribution >= 0.6 is 0 Å². The Kier molecular flexibility index (Phi) is 6.32. The molecule has 0 aliphatic heterocycles. The van der Waals surface area contributed by atoms with E-state index in [9.17, 15) is 18.8 Å². The van der Waals surface area contributed by atoms with Crippen molar-refractivity contribution in [2.75, 3.05) is 0 Å². The number of ketones is 1. The third kappa shape index (κ3) is 6.03. The summed E-state index contributed by atoms with van der Waals surface area (Å²) in [7, 11) is 0. The van der Waals surface area contributed by atoms with Crippen LogP contribution < -0.4 is 10.6 Å². The molecule has 21 heavy (non-hydrogen) atoms. The van der Waals surface area contributed by atoms with Crippen molar-refractivity contribution in [2.24, 2.45) is 0 Å². The first-order chi connectivity index (χ1) is 9.92. The summed E-state index contributed by atoms with van der Waals surface area (Å²) in [5.41, 5.74) is 0.669. The van der Waals surface area contributed by atoms with Crippen molar-refractivity contribution in [3.8, 4) is 0 Å². The number of Topliss-reactive ketones (excluding diaryl/α,β-unsaturated/α-hetero) is 1. The first-order valence-electron chi connectivity index (χ1n) is 6.45. The maximum Gasteiger partial charge on any atom is 0.326 e. The Morgan fingerprint density at radius 1 is 1.24 bits per heavy atom. The molecular formula is C14H17FN2O4. The number of carbonyl (C=O) groups excluding carboxylic acids is 2. The van der Waals surface area contributed by atoms with Gasteiger partial charge in [0.1, 0.15) is 17.6 Å². The molecule has 0 saturated carbocycles. The molecule has 7 heteroatoms. The van der Waals surface area contributed by atoms with Crippen LogP contribution in [0.15, 0.2) is 24.3 Å². The van der Waals surface area contributed by atoms with Gasteiger partial charge >= 0.3 is 12.0 Å². The number of hydrogen-bond acceptors (Lipinski definition) is 3. The standard InChI is InChI=1S/C14H17FN2O4/c1-2-11(18)7-12(13(19)20)17-14(21)16-8-9-3-5-10(15)6-4-9/h3-6,12H,2,7-8H2,1H3,(H,19,20)(H2,16,17,21). The monoisotopic (exact) mass is 296 g/mol. The van der Waals surface area contributed by atoms with Gasteiger partial charge in [-0.1, -0.05) is 19.1 Å². The number of hydrogen-bond donors (Lipinski definition) is 3. The Morgan fingerprint density at radius 2 is 1.86 bits per heavy atom. The lowest BCUT2D eigenvalue weighted by molar-refractivity contribution is -0.140. The fraction of sp³-hybridized carbons (Fsp3) is 0.357. The number of urea groups is 1. The number of amides is 2. The van der Waals surface area contributed by atoms with Crippen LogP contribution in [0.2, 0.25) is 0 Å². The van der Waals surface area contributed by atoms with E-state index in [1.165, 1.54) is 24.3 Å². The quantitative estimate of drug-likeness (QED) is 0.709. The molecule has 0 fully saturated rings. The molecule has 114 valence electrons. The number of halogens is 1. The smallest absolute Gasteiger partial charge is 0.326 e. The van der Waals surface area contributed by atoms with E-state index >= 15 is 0 Å². The topological polar surface area (TPSA) is 95.5 Å². The van der Waals surface area contributed by atoms with Crippen molar-refractivity contribution < 1.29 is 23.9 Å². The lowest BCUT2D eigenvalue weighted by Gasteiger charge is -2.14. The van der Waals surface area contributed by atoms with E-state index in [2.05, 4.69) is 10.6 Å². The van der Waals surface area contributed by atoms with Crippen LogP contribution in [0.25, 0.3) is 0 Å². The molecule has 3 N–H and O–H groups in total. The molecule has 0 radical (unpaired) electrons. The van der Waals surface area contributed by atoms with E-state index in [1.54, 1.807) is 6.92 Å². The van der Waals surface area contributed by atoms with Crippen molar-refractivity contribution >= 4 is 17.8 Å². The Morgan fingerprint density at radius 3 is 2.38 bits per heavy atom. The second-order valence-corrected chi connectivity index (χ2v) is 4.44. The number of aliphatic carboxylic acids is 1. The maximum absolute atomic E-state index is 12.7. The van der Waals surface area contributed by atoms with E-state index in [1.807, 2.05) is 0 Å². The Bertz CT molecular complexity index is 516. The largest absolute Gasteiger partial charge is 0.480 e. The minimum absolute atomic E-state index is 0.125. The highest BCUT2D eigenvalue weighted by Gasteiger charge is 2.22. The molecule has 0 bridgehead atoms. The van der Waals surface area contributed by atoms with Gasteiger partial charge in [-0.15, -0.1) is 0 Å². The molecule has 0 aliphatic rings. The summed E-state index contributed by atoms with van der Waals surface area (Å²) in [4.78, 5) is 33.8. The number of rotatable bonds is 7. The van der Waals surface area contributed by atoms with E-state index in [-0.39, 0.29) is 31.0 Å². The van der Waals surface area contributed by atoms with Crippen LogP contribution in [0.4, 0.5) is 9.18 Å². The maximum atomic E-state index is 12.7. The van der Waals surface area contributed by atoms with Gasteiger partial charge < -0.3 is 15.7 Å². The molecule has 0 heterocycles. The lowest BCUT2D eigenvalue weighted by atomic mass is 10.1. The first kappa shape index (κ1) is 16.6. The van der Waals surface area contributed by atoms with E-state index in [0.29, 0.717) is 5.56 Å². The van der Waals surface area contributed by atoms with Crippen molar-refractivity contribution in [1.82, 2.24) is 10.6 Å². The SMILES string of the molecule is CCC(=O)CC(NC(=O)NCc1ccc(F)cc1)C(=O)O. The number of nitrogens with one attached hydrogen (secondary N) is 2. The predicted octanol–water partition coefficient (Wildman–Crippen LogP) is 1.45. The van der Waals surface area contributed by atoms with Crippen LogP contribution in [-0.4, -0.2) is 28.9 Å². The van der Waals surface area contributed by atoms with Crippen LogP contribution in [-0.2, 0) is 16.1 Å². The summed E-state index contributed by atoms with van der Waals surface area (Å²) in [5, 5.41) is 13.6. The van der Waals surface area contributed by atoms with Gasteiger partial charge in [0.2, 0.25) is 0 Å². The zero-order valence-electron chi connectivity index (χ0n) is 11.6.